The largest absolute Gasteiger partial charge is 0.378 e. The molecule has 0 aliphatic heterocycles. The molecule has 2 heterocycles. The van der Waals surface area contributed by atoms with Gasteiger partial charge in [-0.3, -0.25) is 0 Å². The minimum absolute atomic E-state index is 0.477. The number of ether oxygens (including phenoxy) is 1. The van der Waals surface area contributed by atoms with E-state index >= 15 is 0 Å². The van der Waals surface area contributed by atoms with Crippen LogP contribution in [0.3, 0.4) is 0 Å². The van der Waals surface area contributed by atoms with Gasteiger partial charge in [-0.05, 0) is 28.7 Å². The Hall–Kier alpha value is -1.25. The van der Waals surface area contributed by atoms with Crippen LogP contribution in [0.2, 0.25) is 0 Å². The zero-order valence-electron chi connectivity index (χ0n) is 11.7. The van der Waals surface area contributed by atoms with E-state index < -0.39 is 0 Å². The van der Waals surface area contributed by atoms with Crippen LogP contribution in [-0.4, -0.2) is 24.1 Å². The fourth-order valence-electron chi connectivity index (χ4n) is 2.16. The summed E-state index contributed by atoms with van der Waals surface area (Å²) in [5, 5.41) is 6.44. The average Bonchev–Trinajstić information content (AvgIpc) is 2.93. The molecule has 0 aliphatic carbocycles. The molecule has 6 heteroatoms. The van der Waals surface area contributed by atoms with Gasteiger partial charge in [-0.1, -0.05) is 18.2 Å². The van der Waals surface area contributed by atoms with Crippen molar-refractivity contribution in [2.45, 2.75) is 6.61 Å². The van der Waals surface area contributed by atoms with Crippen molar-refractivity contribution in [3.63, 3.8) is 0 Å². The van der Waals surface area contributed by atoms with Gasteiger partial charge in [0.15, 0.2) is 5.82 Å². The maximum atomic E-state index is 5.25. The zero-order valence-corrected chi connectivity index (χ0v) is 14.7. The van der Waals surface area contributed by atoms with Crippen LogP contribution in [-0.2, 0) is 11.3 Å². The van der Waals surface area contributed by atoms with Crippen molar-refractivity contribution in [2.75, 3.05) is 19.5 Å². The van der Waals surface area contributed by atoms with Crippen molar-refractivity contribution < 1.29 is 4.74 Å². The smallest absolute Gasteiger partial charge is 0.163 e. The Morgan fingerprint density at radius 1 is 1.29 bits per heavy atom. The third-order valence-electron chi connectivity index (χ3n) is 3.16. The normalized spacial score (nSPS) is 11.0. The number of aromatic nitrogens is 2. The van der Waals surface area contributed by atoms with E-state index in [1.807, 2.05) is 19.2 Å². The first-order valence-electron chi connectivity index (χ1n) is 6.44. The summed E-state index contributed by atoms with van der Waals surface area (Å²) in [4.78, 5) is 9.33. The van der Waals surface area contributed by atoms with Gasteiger partial charge in [0.05, 0.1) is 15.9 Å². The standard InChI is InChI=1S/C15H14IN3OS/c1-17-15-13(16)11(7-20-2)18-14(19-15)10-8-21-12-6-4-3-5-9(10)12/h3-6,8H,7H2,1-2H3,(H,17,18,19). The molecule has 3 aromatic rings. The van der Waals surface area contributed by atoms with Crippen molar-refractivity contribution in [1.29, 1.82) is 0 Å². The maximum Gasteiger partial charge on any atom is 0.163 e. The Labute approximate surface area is 140 Å². The number of thiophene rings is 1. The van der Waals surface area contributed by atoms with E-state index in [4.69, 9.17) is 4.74 Å². The molecule has 0 radical (unpaired) electrons. The quantitative estimate of drug-likeness (QED) is 0.656. The van der Waals surface area contributed by atoms with Crippen LogP contribution in [0, 0.1) is 3.57 Å². The molecule has 0 fully saturated rings. The second kappa shape index (κ2) is 6.25. The minimum Gasteiger partial charge on any atom is -0.378 e. The van der Waals surface area contributed by atoms with Crippen molar-refractivity contribution in [3.05, 3.63) is 38.9 Å². The lowest BCUT2D eigenvalue weighted by Crippen LogP contribution is -2.06. The molecule has 3 rings (SSSR count). The molecule has 4 nitrogen and oxygen atoms in total. The Balaban J connectivity index is 2.19. The van der Waals surface area contributed by atoms with E-state index in [1.165, 1.54) is 10.1 Å². The summed E-state index contributed by atoms with van der Waals surface area (Å²) < 4.78 is 7.49. The van der Waals surface area contributed by atoms with Crippen molar-refractivity contribution in [2.24, 2.45) is 0 Å². The van der Waals surface area contributed by atoms with Crippen LogP contribution in [0.1, 0.15) is 5.69 Å². The Morgan fingerprint density at radius 2 is 2.10 bits per heavy atom. The molecule has 1 aromatic carbocycles. The first kappa shape index (κ1) is 14.7. The molecule has 0 saturated heterocycles. The summed E-state index contributed by atoms with van der Waals surface area (Å²) in [5.74, 6) is 1.58. The molecule has 0 unspecified atom stereocenters. The molecule has 0 amide bonds. The number of methoxy groups -OCH3 is 1. The molecule has 1 N–H and O–H groups in total. The van der Waals surface area contributed by atoms with Gasteiger partial charge in [-0.2, -0.15) is 0 Å². The molecule has 0 spiro atoms. The Kier molecular flexibility index (Phi) is 4.37. The lowest BCUT2D eigenvalue weighted by Gasteiger charge is -2.10. The van der Waals surface area contributed by atoms with E-state index in [-0.39, 0.29) is 0 Å². The third kappa shape index (κ3) is 2.75. The van der Waals surface area contributed by atoms with Gasteiger partial charge in [-0.25, -0.2) is 9.97 Å². The summed E-state index contributed by atoms with van der Waals surface area (Å²) in [7, 11) is 3.55. The first-order chi connectivity index (χ1) is 10.2. The highest BCUT2D eigenvalue weighted by atomic mass is 127. The summed E-state index contributed by atoms with van der Waals surface area (Å²) >= 11 is 3.96. The zero-order chi connectivity index (χ0) is 14.8. The molecule has 0 aliphatic rings. The van der Waals surface area contributed by atoms with Gasteiger partial charge >= 0.3 is 0 Å². The van der Waals surface area contributed by atoms with E-state index in [1.54, 1.807) is 18.4 Å². The van der Waals surface area contributed by atoms with E-state index in [0.717, 1.165) is 26.5 Å². The fourth-order valence-corrected chi connectivity index (χ4v) is 3.77. The predicted molar refractivity (Wildman–Crippen MR) is 95.8 cm³/mol. The van der Waals surface area contributed by atoms with Crippen LogP contribution in [0.5, 0.6) is 0 Å². The fraction of sp³-hybridized carbons (Fsp3) is 0.200. The van der Waals surface area contributed by atoms with Gasteiger partial charge in [0, 0.05) is 35.2 Å². The molecule has 108 valence electrons. The monoisotopic (exact) mass is 411 g/mol. The molecule has 0 bridgehead atoms. The lowest BCUT2D eigenvalue weighted by atomic mass is 10.1. The number of benzene rings is 1. The summed E-state index contributed by atoms with van der Waals surface area (Å²) in [6, 6.07) is 8.32. The maximum absolute atomic E-state index is 5.25. The number of fused-ring (bicyclic) bond motifs is 1. The minimum atomic E-state index is 0.477. The molecular weight excluding hydrogens is 397 g/mol. The van der Waals surface area contributed by atoms with Gasteiger partial charge in [0.1, 0.15) is 5.82 Å². The highest BCUT2D eigenvalue weighted by Crippen LogP contribution is 2.33. The molecular formula is C15H14IN3OS. The molecule has 21 heavy (non-hydrogen) atoms. The Bertz CT molecular complexity index is 788. The lowest BCUT2D eigenvalue weighted by molar-refractivity contribution is 0.181. The summed E-state index contributed by atoms with van der Waals surface area (Å²) in [5.41, 5.74) is 1.98. The number of halogens is 1. The van der Waals surface area contributed by atoms with Crippen LogP contribution < -0.4 is 5.32 Å². The second-order valence-electron chi connectivity index (χ2n) is 4.49. The van der Waals surface area contributed by atoms with Gasteiger partial charge < -0.3 is 10.1 Å². The van der Waals surface area contributed by atoms with Crippen molar-refractivity contribution in [1.82, 2.24) is 9.97 Å². The van der Waals surface area contributed by atoms with Gasteiger partial charge in [-0.15, -0.1) is 11.3 Å². The first-order valence-corrected chi connectivity index (χ1v) is 8.40. The number of hydrogen-bond acceptors (Lipinski definition) is 5. The highest BCUT2D eigenvalue weighted by Gasteiger charge is 2.15. The van der Waals surface area contributed by atoms with Crippen molar-refractivity contribution >= 4 is 49.8 Å². The third-order valence-corrected chi connectivity index (χ3v) is 5.26. The van der Waals surface area contributed by atoms with E-state index in [9.17, 15) is 0 Å². The van der Waals surface area contributed by atoms with E-state index in [2.05, 4.69) is 55.4 Å². The Morgan fingerprint density at radius 3 is 2.86 bits per heavy atom. The van der Waals surface area contributed by atoms with Gasteiger partial charge in [0.2, 0.25) is 0 Å². The average molecular weight is 411 g/mol. The predicted octanol–water partition coefficient (Wildman–Crippen LogP) is 4.15. The van der Waals surface area contributed by atoms with Crippen LogP contribution in [0.4, 0.5) is 5.82 Å². The summed E-state index contributed by atoms with van der Waals surface area (Å²) in [6.07, 6.45) is 0. The van der Waals surface area contributed by atoms with Crippen LogP contribution in [0.25, 0.3) is 21.5 Å². The van der Waals surface area contributed by atoms with Crippen LogP contribution >= 0.6 is 33.9 Å². The van der Waals surface area contributed by atoms with Crippen LogP contribution in [0.15, 0.2) is 29.6 Å². The molecule has 2 aromatic heterocycles. The number of nitrogens with zero attached hydrogens (tertiary/aromatic N) is 2. The number of anilines is 1. The number of rotatable bonds is 4. The topological polar surface area (TPSA) is 47.0 Å². The van der Waals surface area contributed by atoms with Crippen molar-refractivity contribution in [3.8, 4) is 11.4 Å². The molecule has 0 saturated carbocycles. The van der Waals surface area contributed by atoms with Gasteiger partial charge in [0.25, 0.3) is 0 Å². The summed E-state index contributed by atoms with van der Waals surface area (Å²) in [6.45, 7) is 0.477. The highest BCUT2D eigenvalue weighted by molar-refractivity contribution is 14.1. The van der Waals surface area contributed by atoms with E-state index in [0.29, 0.717) is 6.61 Å². The SMILES string of the molecule is CNc1nc(-c2csc3ccccc23)nc(COC)c1I. The second-order valence-corrected chi connectivity index (χ2v) is 6.48. The number of nitrogens with one attached hydrogen (secondary N) is 1. The molecule has 0 atom stereocenters. The number of hydrogen-bond donors (Lipinski definition) is 1.